The number of methoxy groups -OCH3 is 1. The molecule has 0 N–H and O–H groups in total. The summed E-state index contributed by atoms with van der Waals surface area (Å²) in [6.45, 7) is 9.52. The Kier molecular flexibility index (Phi) is 6.37. The highest BCUT2D eigenvalue weighted by atomic mass is 32.2. The van der Waals surface area contributed by atoms with Gasteiger partial charge in [-0.25, -0.2) is 4.79 Å². The fourth-order valence-corrected chi connectivity index (χ4v) is 2.99. The first-order chi connectivity index (χ1) is 12.1. The maximum atomic E-state index is 11.6. The normalized spacial score (nSPS) is 18.7. The van der Waals surface area contributed by atoms with Crippen molar-refractivity contribution >= 4 is 36.0 Å². The second-order valence-electron chi connectivity index (χ2n) is 7.20. The van der Waals surface area contributed by atoms with Gasteiger partial charge < -0.3 is 14.0 Å². The summed E-state index contributed by atoms with van der Waals surface area (Å²) in [7, 11) is 0.832. The summed E-state index contributed by atoms with van der Waals surface area (Å²) >= 11 is 1.22. The SMILES string of the molecule is COC(=O)c1ccc(C=C(CSC(C)=O)B2OC(C)(C)C(C)(C)O2)cc1. The quantitative estimate of drug-likeness (QED) is 0.576. The third-order valence-corrected chi connectivity index (χ3v) is 5.57. The number of carbonyl (C=O) groups excluding carboxylic acids is 2. The minimum Gasteiger partial charge on any atom is -0.465 e. The van der Waals surface area contributed by atoms with E-state index < -0.39 is 18.3 Å². The van der Waals surface area contributed by atoms with Crippen LogP contribution in [0.2, 0.25) is 0 Å². The molecule has 1 aliphatic heterocycles. The van der Waals surface area contributed by atoms with Crippen molar-refractivity contribution in [1.82, 2.24) is 0 Å². The topological polar surface area (TPSA) is 61.8 Å². The predicted octanol–water partition coefficient (Wildman–Crippen LogP) is 3.77. The lowest BCUT2D eigenvalue weighted by Gasteiger charge is -2.32. The molecule has 0 saturated carbocycles. The van der Waals surface area contributed by atoms with Gasteiger partial charge in [0, 0.05) is 12.7 Å². The highest BCUT2D eigenvalue weighted by Crippen LogP contribution is 2.39. The van der Waals surface area contributed by atoms with E-state index in [2.05, 4.69) is 0 Å². The summed E-state index contributed by atoms with van der Waals surface area (Å²) in [4.78, 5) is 23.0. The molecule has 7 heteroatoms. The molecule has 0 spiro atoms. The number of ether oxygens (including phenoxy) is 1. The zero-order valence-corrected chi connectivity index (χ0v) is 16.9. The highest BCUT2D eigenvalue weighted by Gasteiger charge is 2.52. The van der Waals surface area contributed by atoms with E-state index in [1.165, 1.54) is 25.8 Å². The Bertz CT molecular complexity index is 693. The van der Waals surface area contributed by atoms with Gasteiger partial charge in [0.05, 0.1) is 23.9 Å². The van der Waals surface area contributed by atoms with Crippen molar-refractivity contribution in [2.45, 2.75) is 45.8 Å². The number of hydrogen-bond donors (Lipinski definition) is 0. The van der Waals surface area contributed by atoms with Crippen LogP contribution in [-0.2, 0) is 18.8 Å². The molecule has 1 fully saturated rings. The van der Waals surface area contributed by atoms with Crippen LogP contribution in [0, 0.1) is 0 Å². The summed E-state index contributed by atoms with van der Waals surface area (Å²) in [6, 6.07) is 7.07. The number of carbonyl (C=O) groups is 2. The van der Waals surface area contributed by atoms with Crippen molar-refractivity contribution in [2.24, 2.45) is 0 Å². The van der Waals surface area contributed by atoms with Crippen molar-refractivity contribution in [3.05, 3.63) is 40.9 Å². The summed E-state index contributed by atoms with van der Waals surface area (Å²) < 4.78 is 17.0. The molecular weight excluding hydrogens is 351 g/mol. The standard InChI is InChI=1S/C19H25BO5S/c1-13(21)26-12-16(20-24-18(2,3)19(4,5)25-20)11-14-7-9-15(10-8-14)17(22)23-6/h7-11H,12H2,1-6H3. The summed E-state index contributed by atoms with van der Waals surface area (Å²) in [5.41, 5.74) is 1.35. The lowest BCUT2D eigenvalue weighted by Crippen LogP contribution is -2.41. The smallest absolute Gasteiger partial charge is 0.465 e. The zero-order chi connectivity index (χ0) is 19.5. The van der Waals surface area contributed by atoms with Crippen LogP contribution in [0.5, 0.6) is 0 Å². The average molecular weight is 376 g/mol. The van der Waals surface area contributed by atoms with E-state index in [0.717, 1.165) is 11.0 Å². The van der Waals surface area contributed by atoms with Crippen molar-refractivity contribution in [2.75, 3.05) is 12.9 Å². The Hall–Kier alpha value is -1.57. The van der Waals surface area contributed by atoms with E-state index in [4.69, 9.17) is 14.0 Å². The Morgan fingerprint density at radius 2 is 1.65 bits per heavy atom. The lowest BCUT2D eigenvalue weighted by molar-refractivity contribution is -0.109. The molecule has 0 bridgehead atoms. The van der Waals surface area contributed by atoms with Gasteiger partial charge >= 0.3 is 13.1 Å². The first kappa shape index (κ1) is 20.7. The molecule has 2 rings (SSSR count). The minimum atomic E-state index is -0.521. The molecule has 0 aliphatic carbocycles. The molecule has 0 unspecified atom stereocenters. The van der Waals surface area contributed by atoms with Crippen molar-refractivity contribution in [3.8, 4) is 0 Å². The molecule has 1 heterocycles. The molecule has 1 aromatic rings. The fourth-order valence-electron chi connectivity index (χ4n) is 2.40. The molecule has 0 radical (unpaired) electrons. The molecule has 140 valence electrons. The van der Waals surface area contributed by atoms with Crippen molar-refractivity contribution in [3.63, 3.8) is 0 Å². The van der Waals surface area contributed by atoms with Gasteiger partial charge in [-0.05, 0) is 50.9 Å². The van der Waals surface area contributed by atoms with Crippen LogP contribution in [0.3, 0.4) is 0 Å². The number of benzene rings is 1. The molecule has 1 aromatic carbocycles. The second kappa shape index (κ2) is 7.98. The Morgan fingerprint density at radius 3 is 2.12 bits per heavy atom. The maximum absolute atomic E-state index is 11.6. The third kappa shape index (κ3) is 4.78. The molecule has 5 nitrogen and oxygen atoms in total. The van der Waals surface area contributed by atoms with E-state index in [0.29, 0.717) is 11.3 Å². The van der Waals surface area contributed by atoms with Gasteiger partial charge in [-0.3, -0.25) is 4.79 Å². The predicted molar refractivity (Wildman–Crippen MR) is 105 cm³/mol. The fraction of sp³-hybridized carbons (Fsp3) is 0.474. The Labute approximate surface area is 159 Å². The second-order valence-corrected chi connectivity index (χ2v) is 8.35. The van der Waals surface area contributed by atoms with Gasteiger partial charge in [-0.15, -0.1) is 0 Å². The van der Waals surface area contributed by atoms with Crippen LogP contribution in [-0.4, -0.2) is 42.3 Å². The monoisotopic (exact) mass is 376 g/mol. The van der Waals surface area contributed by atoms with Crippen LogP contribution < -0.4 is 0 Å². The van der Waals surface area contributed by atoms with Crippen LogP contribution in [0.15, 0.2) is 29.7 Å². The lowest BCUT2D eigenvalue weighted by atomic mass is 9.78. The number of thioether (sulfide) groups is 1. The van der Waals surface area contributed by atoms with Crippen LogP contribution in [0.1, 0.15) is 50.5 Å². The van der Waals surface area contributed by atoms with E-state index in [9.17, 15) is 9.59 Å². The molecular formula is C19H25BO5S. The minimum absolute atomic E-state index is 0.0356. The van der Waals surface area contributed by atoms with Gasteiger partial charge in [-0.2, -0.15) is 0 Å². The zero-order valence-electron chi connectivity index (χ0n) is 16.1. The van der Waals surface area contributed by atoms with E-state index in [1.807, 2.05) is 45.9 Å². The van der Waals surface area contributed by atoms with Crippen LogP contribution in [0.4, 0.5) is 0 Å². The van der Waals surface area contributed by atoms with Gasteiger partial charge in [0.25, 0.3) is 0 Å². The van der Waals surface area contributed by atoms with Gasteiger partial charge in [-0.1, -0.05) is 30.0 Å². The van der Waals surface area contributed by atoms with Crippen molar-refractivity contribution in [1.29, 1.82) is 0 Å². The van der Waals surface area contributed by atoms with E-state index in [-0.39, 0.29) is 11.1 Å². The van der Waals surface area contributed by atoms with Gasteiger partial charge in [0.1, 0.15) is 0 Å². The first-order valence-electron chi connectivity index (χ1n) is 8.43. The molecule has 0 aromatic heterocycles. The van der Waals surface area contributed by atoms with E-state index in [1.54, 1.807) is 12.1 Å². The third-order valence-electron chi connectivity index (χ3n) is 4.68. The first-order valence-corrected chi connectivity index (χ1v) is 9.42. The largest absolute Gasteiger partial charge is 0.491 e. The summed E-state index contributed by atoms with van der Waals surface area (Å²) in [5.74, 6) is 0.101. The Morgan fingerprint density at radius 1 is 1.12 bits per heavy atom. The summed E-state index contributed by atoms with van der Waals surface area (Å²) in [5, 5.41) is 0.0356. The van der Waals surface area contributed by atoms with Gasteiger partial charge in [0.2, 0.25) is 0 Å². The molecule has 0 amide bonds. The maximum Gasteiger partial charge on any atom is 0.491 e. The van der Waals surface area contributed by atoms with Crippen molar-refractivity contribution < 1.29 is 23.6 Å². The number of hydrogen-bond acceptors (Lipinski definition) is 6. The average Bonchev–Trinajstić information content (AvgIpc) is 2.78. The number of rotatable bonds is 5. The Balaban J connectivity index is 2.28. The number of esters is 1. The van der Waals surface area contributed by atoms with Crippen LogP contribution in [0.25, 0.3) is 6.08 Å². The molecule has 1 aliphatic rings. The molecule has 26 heavy (non-hydrogen) atoms. The van der Waals surface area contributed by atoms with E-state index >= 15 is 0 Å². The summed E-state index contributed by atoms with van der Waals surface area (Å²) in [6.07, 6.45) is 1.94. The molecule has 0 atom stereocenters. The van der Waals surface area contributed by atoms with Crippen LogP contribution >= 0.6 is 11.8 Å². The molecule has 1 saturated heterocycles. The highest BCUT2D eigenvalue weighted by molar-refractivity contribution is 8.13. The van der Waals surface area contributed by atoms with Gasteiger partial charge in [0.15, 0.2) is 5.12 Å².